The van der Waals surface area contributed by atoms with E-state index in [2.05, 4.69) is 22.2 Å². The molecule has 1 aromatic heterocycles. The number of rotatable bonds is 3. The van der Waals surface area contributed by atoms with Gasteiger partial charge in [0.1, 0.15) is 5.69 Å². The highest BCUT2D eigenvalue weighted by molar-refractivity contribution is 5.92. The summed E-state index contributed by atoms with van der Waals surface area (Å²) in [5.74, 6) is -0.0750. The Morgan fingerprint density at radius 3 is 3.06 bits per heavy atom. The lowest BCUT2D eigenvalue weighted by molar-refractivity contribution is 0.0938. The van der Waals surface area contributed by atoms with Crippen LogP contribution < -0.4 is 5.32 Å². The molecule has 0 saturated carbocycles. The Hall–Kier alpha value is -1.42. The monoisotopic (exact) mass is 233 g/mol. The molecule has 1 aliphatic heterocycles. The fourth-order valence-corrected chi connectivity index (χ4v) is 2.21. The molecule has 17 heavy (non-hydrogen) atoms. The van der Waals surface area contributed by atoms with Gasteiger partial charge in [-0.15, -0.1) is 0 Å². The quantitative estimate of drug-likeness (QED) is 0.853. The summed E-state index contributed by atoms with van der Waals surface area (Å²) in [6.07, 6.45) is 2.39. The van der Waals surface area contributed by atoms with Gasteiger partial charge in [0.2, 0.25) is 0 Å². The molecule has 1 fully saturated rings. The second-order valence-corrected chi connectivity index (χ2v) is 4.65. The van der Waals surface area contributed by atoms with Crippen molar-refractivity contribution in [3.8, 4) is 0 Å². The molecule has 2 rings (SSSR count). The zero-order valence-corrected chi connectivity index (χ0v) is 10.4. The highest BCUT2D eigenvalue weighted by Crippen LogP contribution is 2.13. The summed E-state index contributed by atoms with van der Waals surface area (Å²) in [5.41, 5.74) is 1.38. The van der Waals surface area contributed by atoms with Gasteiger partial charge in [-0.1, -0.05) is 6.07 Å². The maximum Gasteiger partial charge on any atom is 0.269 e. The maximum atomic E-state index is 11.9. The topological polar surface area (TPSA) is 45.2 Å². The third-order valence-electron chi connectivity index (χ3n) is 3.29. The van der Waals surface area contributed by atoms with E-state index in [-0.39, 0.29) is 5.91 Å². The number of carbonyl (C=O) groups excluding carboxylic acids is 1. The van der Waals surface area contributed by atoms with Crippen LogP contribution in [-0.2, 0) is 0 Å². The predicted molar refractivity (Wildman–Crippen MR) is 67.0 cm³/mol. The molecule has 1 N–H and O–H groups in total. The zero-order valence-electron chi connectivity index (χ0n) is 10.4. The number of likely N-dealkylation sites (N-methyl/N-ethyl adjacent to an activating group) is 1. The van der Waals surface area contributed by atoms with Crippen molar-refractivity contribution in [2.45, 2.75) is 25.8 Å². The normalized spacial score (nSPS) is 20.5. The molecule has 92 valence electrons. The molecule has 1 saturated heterocycles. The van der Waals surface area contributed by atoms with E-state index in [1.807, 2.05) is 19.1 Å². The van der Waals surface area contributed by atoms with Crippen LogP contribution in [0.1, 0.15) is 29.0 Å². The van der Waals surface area contributed by atoms with Crippen molar-refractivity contribution in [3.63, 3.8) is 0 Å². The number of pyridine rings is 1. The molecule has 1 atom stereocenters. The molecule has 4 heteroatoms. The Kier molecular flexibility index (Phi) is 3.74. The molecule has 1 aliphatic rings. The van der Waals surface area contributed by atoms with Crippen molar-refractivity contribution in [2.75, 3.05) is 20.1 Å². The molecule has 4 nitrogen and oxygen atoms in total. The van der Waals surface area contributed by atoms with Gasteiger partial charge < -0.3 is 10.2 Å². The van der Waals surface area contributed by atoms with Crippen molar-refractivity contribution in [2.24, 2.45) is 0 Å². The van der Waals surface area contributed by atoms with Crippen LogP contribution in [0.5, 0.6) is 0 Å². The highest BCUT2D eigenvalue weighted by Gasteiger charge is 2.21. The minimum absolute atomic E-state index is 0.0750. The first kappa shape index (κ1) is 12.0. The Balaban J connectivity index is 1.89. The minimum atomic E-state index is -0.0750. The number of carbonyl (C=O) groups is 1. The van der Waals surface area contributed by atoms with Gasteiger partial charge in [-0.2, -0.15) is 0 Å². The van der Waals surface area contributed by atoms with Crippen LogP contribution in [0.4, 0.5) is 0 Å². The summed E-state index contributed by atoms with van der Waals surface area (Å²) >= 11 is 0. The highest BCUT2D eigenvalue weighted by atomic mass is 16.1. The lowest BCUT2D eigenvalue weighted by Crippen LogP contribution is -2.38. The Bertz CT molecular complexity index is 405. The van der Waals surface area contributed by atoms with E-state index in [1.165, 1.54) is 6.42 Å². The lowest BCUT2D eigenvalue weighted by atomic mass is 10.2. The van der Waals surface area contributed by atoms with Gasteiger partial charge in [-0.3, -0.25) is 4.79 Å². The van der Waals surface area contributed by atoms with Crippen LogP contribution in [0.2, 0.25) is 0 Å². The van der Waals surface area contributed by atoms with Crippen molar-refractivity contribution in [3.05, 3.63) is 29.6 Å². The second kappa shape index (κ2) is 5.27. The number of hydrogen-bond acceptors (Lipinski definition) is 3. The van der Waals surface area contributed by atoms with Gasteiger partial charge in [0.15, 0.2) is 0 Å². The molecule has 0 aliphatic carbocycles. The number of amides is 1. The molecule has 0 radical (unpaired) electrons. The van der Waals surface area contributed by atoms with Gasteiger partial charge >= 0.3 is 0 Å². The smallest absolute Gasteiger partial charge is 0.269 e. The van der Waals surface area contributed by atoms with Gasteiger partial charge in [-0.25, -0.2) is 4.98 Å². The second-order valence-electron chi connectivity index (χ2n) is 4.65. The molecular formula is C13H19N3O. The van der Waals surface area contributed by atoms with Gasteiger partial charge in [-0.05, 0) is 45.5 Å². The average Bonchev–Trinajstić information content (AvgIpc) is 2.72. The van der Waals surface area contributed by atoms with E-state index in [0.29, 0.717) is 18.3 Å². The number of nitrogens with zero attached hydrogens (tertiary/aromatic N) is 2. The average molecular weight is 233 g/mol. The molecule has 0 aromatic carbocycles. The van der Waals surface area contributed by atoms with Crippen LogP contribution >= 0.6 is 0 Å². The van der Waals surface area contributed by atoms with Crippen LogP contribution in [0.3, 0.4) is 0 Å². The Morgan fingerprint density at radius 1 is 1.59 bits per heavy atom. The van der Waals surface area contributed by atoms with E-state index < -0.39 is 0 Å². The predicted octanol–water partition coefficient (Wildman–Crippen LogP) is 1.21. The molecule has 0 spiro atoms. The Labute approximate surface area is 102 Å². The largest absolute Gasteiger partial charge is 0.349 e. The summed E-state index contributed by atoms with van der Waals surface area (Å²) in [6, 6.07) is 5.98. The van der Waals surface area contributed by atoms with Gasteiger partial charge in [0.05, 0.1) is 0 Å². The van der Waals surface area contributed by atoms with E-state index >= 15 is 0 Å². The summed E-state index contributed by atoms with van der Waals surface area (Å²) in [4.78, 5) is 18.4. The zero-order chi connectivity index (χ0) is 12.3. The van der Waals surface area contributed by atoms with E-state index in [1.54, 1.807) is 6.07 Å². The van der Waals surface area contributed by atoms with Crippen LogP contribution in [-0.4, -0.2) is 42.0 Å². The van der Waals surface area contributed by atoms with Gasteiger partial charge in [0.25, 0.3) is 5.91 Å². The maximum absolute atomic E-state index is 11.9. The third kappa shape index (κ3) is 3.03. The SMILES string of the molecule is Cc1cccc(C(=O)NCC2CCCN2C)n1. The minimum Gasteiger partial charge on any atom is -0.349 e. The van der Waals surface area contributed by atoms with E-state index in [0.717, 1.165) is 18.7 Å². The van der Waals surface area contributed by atoms with Gasteiger partial charge in [0, 0.05) is 18.3 Å². The summed E-state index contributed by atoms with van der Waals surface area (Å²) < 4.78 is 0. The van der Waals surface area contributed by atoms with E-state index in [9.17, 15) is 4.79 Å². The fourth-order valence-electron chi connectivity index (χ4n) is 2.21. The van der Waals surface area contributed by atoms with Crippen molar-refractivity contribution < 1.29 is 4.79 Å². The molecule has 2 heterocycles. The molecule has 1 unspecified atom stereocenters. The number of aromatic nitrogens is 1. The lowest BCUT2D eigenvalue weighted by Gasteiger charge is -2.19. The first-order chi connectivity index (χ1) is 8.16. The molecular weight excluding hydrogens is 214 g/mol. The van der Waals surface area contributed by atoms with Crippen LogP contribution in [0, 0.1) is 6.92 Å². The Morgan fingerprint density at radius 2 is 2.41 bits per heavy atom. The van der Waals surface area contributed by atoms with Crippen LogP contribution in [0.15, 0.2) is 18.2 Å². The number of hydrogen-bond donors (Lipinski definition) is 1. The summed E-state index contributed by atoms with van der Waals surface area (Å²) in [5, 5.41) is 2.96. The molecule has 0 bridgehead atoms. The first-order valence-corrected chi connectivity index (χ1v) is 6.09. The van der Waals surface area contributed by atoms with Crippen molar-refractivity contribution in [1.82, 2.24) is 15.2 Å². The first-order valence-electron chi connectivity index (χ1n) is 6.09. The summed E-state index contributed by atoms with van der Waals surface area (Å²) in [6.45, 7) is 3.73. The number of aryl methyl sites for hydroxylation is 1. The van der Waals surface area contributed by atoms with Crippen molar-refractivity contribution in [1.29, 1.82) is 0 Å². The molecule has 1 amide bonds. The van der Waals surface area contributed by atoms with Crippen molar-refractivity contribution >= 4 is 5.91 Å². The summed E-state index contributed by atoms with van der Waals surface area (Å²) in [7, 11) is 2.11. The fraction of sp³-hybridized carbons (Fsp3) is 0.538. The van der Waals surface area contributed by atoms with Crippen LogP contribution in [0.25, 0.3) is 0 Å². The number of likely N-dealkylation sites (tertiary alicyclic amines) is 1. The standard InChI is InChI=1S/C13H19N3O/c1-10-5-3-7-12(15-10)13(17)14-9-11-6-4-8-16(11)2/h3,5,7,11H,4,6,8-9H2,1-2H3,(H,14,17). The van der Waals surface area contributed by atoms with E-state index in [4.69, 9.17) is 0 Å². The number of nitrogens with one attached hydrogen (secondary N) is 1. The molecule has 1 aromatic rings. The third-order valence-corrected chi connectivity index (χ3v) is 3.29.